The molecule has 5 heteroatoms. The molecule has 1 unspecified atom stereocenters. The summed E-state index contributed by atoms with van der Waals surface area (Å²) in [5, 5.41) is 14.8. The fraction of sp³-hybridized carbons (Fsp3) is 0.538. The average molecular weight is 251 g/mol. The van der Waals surface area contributed by atoms with Crippen LogP contribution in [0.25, 0.3) is 0 Å². The number of aliphatic hydroxyl groups excluding tert-OH is 1. The van der Waals surface area contributed by atoms with Crippen molar-refractivity contribution in [2.24, 2.45) is 0 Å². The first-order valence-corrected chi connectivity index (χ1v) is 6.16. The lowest BCUT2D eigenvalue weighted by Gasteiger charge is -2.28. The summed E-state index contributed by atoms with van der Waals surface area (Å²) in [7, 11) is 0. The van der Waals surface area contributed by atoms with E-state index >= 15 is 0 Å². The van der Waals surface area contributed by atoms with Crippen molar-refractivity contribution in [1.82, 2.24) is 15.6 Å². The maximum atomic E-state index is 11.7. The summed E-state index contributed by atoms with van der Waals surface area (Å²) in [5.74, 6) is 0. The van der Waals surface area contributed by atoms with Gasteiger partial charge in [0.05, 0.1) is 24.4 Å². The minimum atomic E-state index is -0.567. The first-order valence-electron chi connectivity index (χ1n) is 6.16. The molecule has 0 aromatic carbocycles. The number of carbonyl (C=O) groups is 1. The standard InChI is InChI=1S/C13H21N3O2/c1-3-7-13(2,10-17)16-12(18)15-9-11-6-4-5-8-14-11/h4-6,8,17H,3,7,9-10H2,1-2H3,(H2,15,16,18). The highest BCUT2D eigenvalue weighted by Gasteiger charge is 2.24. The third-order valence-electron chi connectivity index (χ3n) is 2.72. The molecule has 2 amide bonds. The molecule has 1 heterocycles. The van der Waals surface area contributed by atoms with Crippen molar-refractivity contribution in [3.63, 3.8) is 0 Å². The van der Waals surface area contributed by atoms with Crippen molar-refractivity contribution in [3.8, 4) is 0 Å². The number of hydrogen-bond donors (Lipinski definition) is 3. The molecule has 0 aliphatic heterocycles. The number of urea groups is 1. The highest BCUT2D eigenvalue weighted by Crippen LogP contribution is 2.10. The van der Waals surface area contributed by atoms with Gasteiger partial charge in [0, 0.05) is 6.20 Å². The SMILES string of the molecule is CCCC(C)(CO)NC(=O)NCc1ccccn1. The first kappa shape index (κ1) is 14.4. The third-order valence-corrected chi connectivity index (χ3v) is 2.72. The van der Waals surface area contributed by atoms with E-state index in [0.29, 0.717) is 6.54 Å². The van der Waals surface area contributed by atoms with Gasteiger partial charge in [0.1, 0.15) is 0 Å². The van der Waals surface area contributed by atoms with E-state index in [9.17, 15) is 9.90 Å². The van der Waals surface area contributed by atoms with Crippen LogP contribution in [-0.2, 0) is 6.54 Å². The van der Waals surface area contributed by atoms with Gasteiger partial charge in [-0.25, -0.2) is 4.79 Å². The van der Waals surface area contributed by atoms with Gasteiger partial charge in [-0.05, 0) is 25.5 Å². The Morgan fingerprint density at radius 1 is 1.50 bits per heavy atom. The van der Waals surface area contributed by atoms with Gasteiger partial charge < -0.3 is 15.7 Å². The van der Waals surface area contributed by atoms with Gasteiger partial charge in [-0.3, -0.25) is 4.98 Å². The zero-order chi connectivity index (χ0) is 13.4. The van der Waals surface area contributed by atoms with E-state index in [0.717, 1.165) is 18.5 Å². The Bertz CT molecular complexity index is 370. The predicted octanol–water partition coefficient (Wildman–Crippen LogP) is 1.43. The molecule has 0 fully saturated rings. The largest absolute Gasteiger partial charge is 0.394 e. The van der Waals surface area contributed by atoms with Gasteiger partial charge in [-0.1, -0.05) is 19.4 Å². The normalized spacial score (nSPS) is 13.7. The second-order valence-electron chi connectivity index (χ2n) is 4.60. The second kappa shape index (κ2) is 6.96. The molecule has 0 saturated carbocycles. The summed E-state index contributed by atoms with van der Waals surface area (Å²) in [4.78, 5) is 15.8. The van der Waals surface area contributed by atoms with Gasteiger partial charge in [0.2, 0.25) is 0 Å². The number of amides is 2. The molecule has 0 aliphatic rings. The van der Waals surface area contributed by atoms with Gasteiger partial charge >= 0.3 is 6.03 Å². The van der Waals surface area contributed by atoms with E-state index in [4.69, 9.17) is 0 Å². The van der Waals surface area contributed by atoms with Crippen LogP contribution in [0.5, 0.6) is 0 Å². The summed E-state index contributed by atoms with van der Waals surface area (Å²) < 4.78 is 0. The molecule has 3 N–H and O–H groups in total. The average Bonchev–Trinajstić information content (AvgIpc) is 2.38. The molecule has 0 bridgehead atoms. The number of carbonyl (C=O) groups excluding carboxylic acids is 1. The van der Waals surface area contributed by atoms with Crippen molar-refractivity contribution < 1.29 is 9.90 Å². The van der Waals surface area contributed by atoms with Crippen LogP contribution in [0.2, 0.25) is 0 Å². The van der Waals surface area contributed by atoms with Crippen LogP contribution in [0.1, 0.15) is 32.4 Å². The lowest BCUT2D eigenvalue weighted by atomic mass is 9.98. The molecule has 0 saturated heterocycles. The van der Waals surface area contributed by atoms with Crippen LogP contribution in [0.4, 0.5) is 4.79 Å². The number of aromatic nitrogens is 1. The molecule has 5 nitrogen and oxygen atoms in total. The number of rotatable bonds is 6. The van der Waals surface area contributed by atoms with E-state index < -0.39 is 5.54 Å². The minimum absolute atomic E-state index is 0.0716. The Morgan fingerprint density at radius 2 is 2.28 bits per heavy atom. The zero-order valence-electron chi connectivity index (χ0n) is 10.9. The van der Waals surface area contributed by atoms with E-state index in [1.807, 2.05) is 32.0 Å². The molecule has 0 spiro atoms. The third kappa shape index (κ3) is 4.71. The van der Waals surface area contributed by atoms with Crippen molar-refractivity contribution in [1.29, 1.82) is 0 Å². The van der Waals surface area contributed by atoms with Crippen LogP contribution in [0.3, 0.4) is 0 Å². The van der Waals surface area contributed by atoms with E-state index in [-0.39, 0.29) is 12.6 Å². The smallest absolute Gasteiger partial charge is 0.315 e. The van der Waals surface area contributed by atoms with Crippen molar-refractivity contribution in [3.05, 3.63) is 30.1 Å². The maximum absolute atomic E-state index is 11.7. The first-order chi connectivity index (χ1) is 8.59. The molecule has 0 aliphatic carbocycles. The predicted molar refractivity (Wildman–Crippen MR) is 70.0 cm³/mol. The van der Waals surface area contributed by atoms with Crippen LogP contribution in [-0.4, -0.2) is 28.3 Å². The number of nitrogens with zero attached hydrogens (tertiary/aromatic N) is 1. The zero-order valence-corrected chi connectivity index (χ0v) is 10.9. The Labute approximate surface area is 108 Å². The van der Waals surface area contributed by atoms with Gasteiger partial charge in [-0.2, -0.15) is 0 Å². The Morgan fingerprint density at radius 3 is 2.83 bits per heavy atom. The summed E-state index contributed by atoms with van der Waals surface area (Å²) >= 11 is 0. The van der Waals surface area contributed by atoms with Crippen LogP contribution in [0, 0.1) is 0 Å². The molecule has 1 rings (SSSR count). The molecule has 1 aromatic rings. The van der Waals surface area contributed by atoms with Crippen molar-refractivity contribution in [2.75, 3.05) is 6.61 Å². The Hall–Kier alpha value is -1.62. The molecule has 1 atom stereocenters. The highest BCUT2D eigenvalue weighted by atomic mass is 16.3. The summed E-state index contributed by atoms with van der Waals surface area (Å²) in [6, 6.07) is 5.26. The summed E-state index contributed by atoms with van der Waals surface area (Å²) in [6.07, 6.45) is 3.32. The molecule has 1 aromatic heterocycles. The molecular formula is C13H21N3O2. The van der Waals surface area contributed by atoms with E-state index in [2.05, 4.69) is 15.6 Å². The fourth-order valence-corrected chi connectivity index (χ4v) is 1.72. The topological polar surface area (TPSA) is 74.2 Å². The molecular weight excluding hydrogens is 230 g/mol. The number of pyridine rings is 1. The van der Waals surface area contributed by atoms with Crippen LogP contribution >= 0.6 is 0 Å². The number of hydrogen-bond acceptors (Lipinski definition) is 3. The van der Waals surface area contributed by atoms with Crippen molar-refractivity contribution >= 4 is 6.03 Å². The van der Waals surface area contributed by atoms with Gasteiger partial charge in [0.15, 0.2) is 0 Å². The molecule has 100 valence electrons. The van der Waals surface area contributed by atoms with Crippen LogP contribution < -0.4 is 10.6 Å². The lowest BCUT2D eigenvalue weighted by molar-refractivity contribution is 0.163. The Kier molecular flexibility index (Phi) is 5.58. The number of nitrogens with one attached hydrogen (secondary N) is 2. The molecule has 18 heavy (non-hydrogen) atoms. The van der Waals surface area contributed by atoms with E-state index in [1.165, 1.54) is 0 Å². The van der Waals surface area contributed by atoms with Gasteiger partial charge in [0.25, 0.3) is 0 Å². The quantitative estimate of drug-likeness (QED) is 0.716. The summed E-state index contributed by atoms with van der Waals surface area (Å²) in [5.41, 5.74) is 0.233. The summed E-state index contributed by atoms with van der Waals surface area (Å²) in [6.45, 7) is 4.15. The lowest BCUT2D eigenvalue weighted by Crippen LogP contribution is -2.52. The maximum Gasteiger partial charge on any atom is 0.315 e. The molecule has 0 radical (unpaired) electrons. The fourth-order valence-electron chi connectivity index (χ4n) is 1.72. The minimum Gasteiger partial charge on any atom is -0.394 e. The van der Waals surface area contributed by atoms with Crippen molar-refractivity contribution in [2.45, 2.75) is 38.8 Å². The second-order valence-corrected chi connectivity index (χ2v) is 4.60. The van der Waals surface area contributed by atoms with E-state index in [1.54, 1.807) is 6.20 Å². The Balaban J connectivity index is 2.41. The highest BCUT2D eigenvalue weighted by molar-refractivity contribution is 5.74. The monoisotopic (exact) mass is 251 g/mol. The van der Waals surface area contributed by atoms with Crippen LogP contribution in [0.15, 0.2) is 24.4 Å². The van der Waals surface area contributed by atoms with Gasteiger partial charge in [-0.15, -0.1) is 0 Å². The number of aliphatic hydroxyl groups is 1.